The number of ether oxygens (including phenoxy) is 1. The molecule has 1 aromatic heterocycles. The summed E-state index contributed by atoms with van der Waals surface area (Å²) in [6.07, 6.45) is 0.208. The summed E-state index contributed by atoms with van der Waals surface area (Å²) in [5, 5.41) is 0. The molecule has 1 aromatic carbocycles. The highest BCUT2D eigenvalue weighted by atomic mass is 19.1. The number of nitrogens with zero attached hydrogens (tertiary/aromatic N) is 1. The normalized spacial score (nSPS) is 15.9. The van der Waals surface area contributed by atoms with Crippen LogP contribution >= 0.6 is 0 Å². The maximum atomic E-state index is 14.0. The molecule has 2 heterocycles. The molecule has 0 spiro atoms. The summed E-state index contributed by atoms with van der Waals surface area (Å²) in [7, 11) is 0. The van der Waals surface area contributed by atoms with E-state index in [-0.39, 0.29) is 23.6 Å². The van der Waals surface area contributed by atoms with Gasteiger partial charge in [0.25, 0.3) is 5.91 Å². The summed E-state index contributed by atoms with van der Waals surface area (Å²) < 4.78 is 25.5. The Bertz CT molecular complexity index is 753. The monoisotopic (exact) mass is 332 g/mol. The highest BCUT2D eigenvalue weighted by Gasteiger charge is 2.29. The molecule has 0 aliphatic carbocycles. The van der Waals surface area contributed by atoms with E-state index in [0.29, 0.717) is 48.7 Å². The summed E-state index contributed by atoms with van der Waals surface area (Å²) in [4.78, 5) is 14.0. The van der Waals surface area contributed by atoms with E-state index in [4.69, 9.17) is 14.9 Å². The van der Waals surface area contributed by atoms with Crippen LogP contribution in [0.25, 0.3) is 11.3 Å². The molecule has 0 saturated carbocycles. The standard InChI is InChI=1S/C18H21FN2O3/c1-3-21(4-2)18(22)16-8-7-15(24-16)12-5-6-14(19)13-9-11(10-20)23-17(12)13/h5-8,11H,3-4,9-10,20H2,1-2H3. The van der Waals surface area contributed by atoms with Gasteiger partial charge in [-0.2, -0.15) is 0 Å². The molecule has 3 rings (SSSR count). The van der Waals surface area contributed by atoms with Gasteiger partial charge in [0, 0.05) is 31.6 Å². The van der Waals surface area contributed by atoms with Crippen molar-refractivity contribution in [2.24, 2.45) is 5.73 Å². The Kier molecular flexibility index (Phi) is 4.57. The zero-order valence-electron chi connectivity index (χ0n) is 13.8. The Morgan fingerprint density at radius 1 is 1.29 bits per heavy atom. The van der Waals surface area contributed by atoms with E-state index < -0.39 is 0 Å². The number of hydrogen-bond donors (Lipinski definition) is 1. The first-order valence-electron chi connectivity index (χ1n) is 8.16. The Morgan fingerprint density at radius 2 is 2.04 bits per heavy atom. The molecule has 1 aliphatic heterocycles. The minimum Gasteiger partial charge on any atom is -0.488 e. The molecular formula is C18H21FN2O3. The molecule has 1 aliphatic rings. The molecule has 128 valence electrons. The smallest absolute Gasteiger partial charge is 0.289 e. The number of halogens is 1. The van der Waals surface area contributed by atoms with Gasteiger partial charge < -0.3 is 19.8 Å². The highest BCUT2D eigenvalue weighted by Crippen LogP contribution is 2.40. The van der Waals surface area contributed by atoms with Crippen LogP contribution in [-0.2, 0) is 6.42 Å². The predicted octanol–water partition coefficient (Wildman–Crippen LogP) is 2.83. The molecule has 0 saturated heterocycles. The lowest BCUT2D eigenvalue weighted by Crippen LogP contribution is -2.30. The third-order valence-electron chi connectivity index (χ3n) is 4.32. The molecule has 0 fully saturated rings. The van der Waals surface area contributed by atoms with Crippen molar-refractivity contribution in [2.75, 3.05) is 19.6 Å². The third-order valence-corrected chi connectivity index (χ3v) is 4.32. The molecule has 0 radical (unpaired) electrons. The Hall–Kier alpha value is -2.34. The molecule has 1 atom stereocenters. The van der Waals surface area contributed by atoms with Crippen LogP contribution in [0, 0.1) is 5.82 Å². The van der Waals surface area contributed by atoms with E-state index in [1.807, 2.05) is 13.8 Å². The van der Waals surface area contributed by atoms with Gasteiger partial charge in [0.2, 0.25) is 0 Å². The topological polar surface area (TPSA) is 68.7 Å². The fraction of sp³-hybridized carbons (Fsp3) is 0.389. The van der Waals surface area contributed by atoms with Crippen molar-refractivity contribution in [3.63, 3.8) is 0 Å². The number of rotatable bonds is 5. The summed E-state index contributed by atoms with van der Waals surface area (Å²) in [6, 6.07) is 6.35. The second kappa shape index (κ2) is 6.65. The van der Waals surface area contributed by atoms with Crippen LogP contribution < -0.4 is 10.5 Å². The summed E-state index contributed by atoms with van der Waals surface area (Å²) in [5.41, 5.74) is 6.79. The van der Waals surface area contributed by atoms with Gasteiger partial charge in [-0.25, -0.2) is 4.39 Å². The Labute approximate surface area is 140 Å². The van der Waals surface area contributed by atoms with E-state index in [1.165, 1.54) is 6.07 Å². The highest BCUT2D eigenvalue weighted by molar-refractivity contribution is 5.92. The fourth-order valence-electron chi connectivity index (χ4n) is 2.95. The first-order valence-corrected chi connectivity index (χ1v) is 8.16. The number of carbonyl (C=O) groups is 1. The summed E-state index contributed by atoms with van der Waals surface area (Å²) in [5.74, 6) is 0.739. The van der Waals surface area contributed by atoms with Gasteiger partial charge in [0.15, 0.2) is 5.76 Å². The van der Waals surface area contributed by atoms with Gasteiger partial charge in [-0.15, -0.1) is 0 Å². The van der Waals surface area contributed by atoms with Crippen molar-refractivity contribution in [3.05, 3.63) is 41.4 Å². The maximum absolute atomic E-state index is 14.0. The average Bonchev–Trinajstić information content (AvgIpc) is 3.23. The second-order valence-corrected chi connectivity index (χ2v) is 5.72. The number of furan rings is 1. The van der Waals surface area contributed by atoms with Gasteiger partial charge in [-0.05, 0) is 38.1 Å². The van der Waals surface area contributed by atoms with Crippen molar-refractivity contribution in [1.82, 2.24) is 4.90 Å². The SMILES string of the molecule is CCN(CC)C(=O)c1ccc(-c2ccc(F)c3c2OC(CN)C3)o1. The molecule has 6 heteroatoms. The second-order valence-electron chi connectivity index (χ2n) is 5.72. The van der Waals surface area contributed by atoms with Gasteiger partial charge in [0.05, 0.1) is 5.56 Å². The van der Waals surface area contributed by atoms with E-state index >= 15 is 0 Å². The Balaban J connectivity index is 1.95. The first kappa shape index (κ1) is 16.5. The average molecular weight is 332 g/mol. The fourth-order valence-corrected chi connectivity index (χ4v) is 2.95. The van der Waals surface area contributed by atoms with Crippen LogP contribution in [0.2, 0.25) is 0 Å². The molecule has 5 nitrogen and oxygen atoms in total. The van der Waals surface area contributed by atoms with Crippen molar-refractivity contribution in [2.45, 2.75) is 26.4 Å². The molecule has 24 heavy (non-hydrogen) atoms. The van der Waals surface area contributed by atoms with Crippen LogP contribution in [0.15, 0.2) is 28.7 Å². The molecular weight excluding hydrogens is 311 g/mol. The predicted molar refractivity (Wildman–Crippen MR) is 88.5 cm³/mol. The molecule has 1 amide bonds. The number of hydrogen-bond acceptors (Lipinski definition) is 4. The number of fused-ring (bicyclic) bond motifs is 1. The van der Waals surface area contributed by atoms with Crippen molar-refractivity contribution >= 4 is 5.91 Å². The van der Waals surface area contributed by atoms with Crippen LogP contribution in [0.1, 0.15) is 30.0 Å². The molecule has 1 unspecified atom stereocenters. The maximum Gasteiger partial charge on any atom is 0.289 e. The van der Waals surface area contributed by atoms with Crippen LogP contribution in [0.5, 0.6) is 5.75 Å². The Morgan fingerprint density at radius 3 is 2.71 bits per heavy atom. The van der Waals surface area contributed by atoms with Crippen LogP contribution in [-0.4, -0.2) is 36.5 Å². The van der Waals surface area contributed by atoms with E-state index in [9.17, 15) is 9.18 Å². The van der Waals surface area contributed by atoms with Crippen LogP contribution in [0.4, 0.5) is 4.39 Å². The van der Waals surface area contributed by atoms with Gasteiger partial charge >= 0.3 is 0 Å². The molecule has 2 aromatic rings. The van der Waals surface area contributed by atoms with E-state index in [1.54, 1.807) is 23.1 Å². The summed E-state index contributed by atoms with van der Waals surface area (Å²) in [6.45, 7) is 5.37. The van der Waals surface area contributed by atoms with Crippen molar-refractivity contribution in [1.29, 1.82) is 0 Å². The largest absolute Gasteiger partial charge is 0.488 e. The van der Waals surface area contributed by atoms with Crippen molar-refractivity contribution in [3.8, 4) is 17.1 Å². The van der Waals surface area contributed by atoms with Gasteiger partial charge in [-0.3, -0.25) is 4.79 Å². The van der Waals surface area contributed by atoms with E-state index in [2.05, 4.69) is 0 Å². The van der Waals surface area contributed by atoms with Crippen molar-refractivity contribution < 1.29 is 18.3 Å². The number of amides is 1. The lowest BCUT2D eigenvalue weighted by Gasteiger charge is -2.16. The van der Waals surface area contributed by atoms with Gasteiger partial charge in [-0.1, -0.05) is 0 Å². The number of nitrogens with two attached hydrogens (primary N) is 1. The summed E-state index contributed by atoms with van der Waals surface area (Å²) >= 11 is 0. The quantitative estimate of drug-likeness (QED) is 0.914. The minimum absolute atomic E-state index is 0.161. The third kappa shape index (κ3) is 2.78. The molecule has 2 N–H and O–H groups in total. The molecule has 0 bridgehead atoms. The lowest BCUT2D eigenvalue weighted by molar-refractivity contribution is 0.0742. The minimum atomic E-state index is -0.310. The van der Waals surface area contributed by atoms with Crippen LogP contribution in [0.3, 0.4) is 0 Å². The lowest BCUT2D eigenvalue weighted by atomic mass is 10.0. The zero-order chi connectivity index (χ0) is 17.3. The zero-order valence-corrected chi connectivity index (χ0v) is 13.8. The number of benzene rings is 1. The first-order chi connectivity index (χ1) is 11.6. The van der Waals surface area contributed by atoms with Gasteiger partial charge in [0.1, 0.15) is 23.4 Å². The number of carbonyl (C=O) groups excluding carboxylic acids is 1. The van der Waals surface area contributed by atoms with E-state index in [0.717, 1.165) is 0 Å².